The van der Waals surface area contributed by atoms with Gasteiger partial charge in [0.2, 0.25) is 0 Å². The van der Waals surface area contributed by atoms with Crippen molar-refractivity contribution >= 4 is 23.2 Å². The van der Waals surface area contributed by atoms with Crippen LogP contribution in [0.1, 0.15) is 17.2 Å². The first-order valence-electron chi connectivity index (χ1n) is 5.50. The summed E-state index contributed by atoms with van der Waals surface area (Å²) in [6.07, 6.45) is 0. The lowest BCUT2D eigenvalue weighted by molar-refractivity contribution is 0.576. The predicted octanol–water partition coefficient (Wildman–Crippen LogP) is 4.44. The van der Waals surface area contributed by atoms with Gasteiger partial charge in [0.25, 0.3) is 0 Å². The Morgan fingerprint density at radius 2 is 1.78 bits per heavy atom. The Balaban J connectivity index is 2.49. The van der Waals surface area contributed by atoms with Crippen molar-refractivity contribution in [2.24, 2.45) is 0 Å². The van der Waals surface area contributed by atoms with Crippen molar-refractivity contribution < 1.29 is 4.39 Å². The molecule has 0 fully saturated rings. The van der Waals surface area contributed by atoms with E-state index in [2.05, 4.69) is 5.32 Å². The van der Waals surface area contributed by atoms with Gasteiger partial charge < -0.3 is 5.32 Å². The Hall–Kier alpha value is -1.09. The number of nitrogens with one attached hydrogen (secondary N) is 1. The van der Waals surface area contributed by atoms with E-state index in [0.717, 1.165) is 5.56 Å². The summed E-state index contributed by atoms with van der Waals surface area (Å²) in [6.45, 7) is 0. The molecule has 0 aromatic heterocycles. The molecular weight excluding hydrogens is 272 g/mol. The third-order valence-electron chi connectivity index (χ3n) is 2.78. The highest BCUT2D eigenvalue weighted by atomic mass is 35.5. The molecule has 1 N–H and O–H groups in total. The summed E-state index contributed by atoms with van der Waals surface area (Å²) >= 11 is 11.9. The van der Waals surface area contributed by atoms with Gasteiger partial charge in [-0.1, -0.05) is 47.5 Å². The van der Waals surface area contributed by atoms with Crippen LogP contribution in [0.2, 0.25) is 10.0 Å². The lowest BCUT2D eigenvalue weighted by Crippen LogP contribution is -2.19. The molecule has 0 aliphatic carbocycles. The Kier molecular flexibility index (Phi) is 4.23. The maximum atomic E-state index is 13.9. The maximum absolute atomic E-state index is 13.9. The minimum absolute atomic E-state index is 0.295. The van der Waals surface area contributed by atoms with Crippen molar-refractivity contribution in [2.75, 3.05) is 7.05 Å². The van der Waals surface area contributed by atoms with Crippen LogP contribution in [-0.2, 0) is 0 Å². The zero-order valence-electron chi connectivity index (χ0n) is 9.75. The first-order valence-corrected chi connectivity index (χ1v) is 6.25. The summed E-state index contributed by atoms with van der Waals surface area (Å²) in [7, 11) is 1.77. The summed E-state index contributed by atoms with van der Waals surface area (Å²) < 4.78 is 13.9. The average molecular weight is 284 g/mol. The minimum Gasteiger partial charge on any atom is -0.309 e. The molecule has 2 rings (SSSR count). The molecule has 1 atom stereocenters. The molecule has 1 nitrogen and oxygen atoms in total. The molecular formula is C14H12Cl2FN. The third kappa shape index (κ3) is 2.66. The second kappa shape index (κ2) is 5.70. The van der Waals surface area contributed by atoms with Gasteiger partial charge in [-0.05, 0) is 30.8 Å². The van der Waals surface area contributed by atoms with E-state index in [-0.39, 0.29) is 11.9 Å². The fraction of sp³-hybridized carbons (Fsp3) is 0.143. The molecule has 0 aliphatic heterocycles. The number of rotatable bonds is 3. The molecule has 0 bridgehead atoms. The monoisotopic (exact) mass is 283 g/mol. The third-order valence-corrected chi connectivity index (χ3v) is 3.36. The number of benzene rings is 2. The second-order valence-electron chi connectivity index (χ2n) is 3.91. The molecule has 18 heavy (non-hydrogen) atoms. The van der Waals surface area contributed by atoms with Gasteiger partial charge in [-0.2, -0.15) is 0 Å². The Morgan fingerprint density at radius 1 is 1.06 bits per heavy atom. The normalized spacial score (nSPS) is 12.4. The van der Waals surface area contributed by atoms with E-state index in [9.17, 15) is 4.39 Å². The van der Waals surface area contributed by atoms with Gasteiger partial charge in [0.1, 0.15) is 5.82 Å². The Labute approximate surface area is 116 Å². The topological polar surface area (TPSA) is 12.0 Å². The van der Waals surface area contributed by atoms with E-state index in [1.54, 1.807) is 25.2 Å². The maximum Gasteiger partial charge on any atom is 0.129 e. The molecule has 0 saturated heterocycles. The van der Waals surface area contributed by atoms with Crippen LogP contribution >= 0.6 is 23.2 Å². The van der Waals surface area contributed by atoms with Gasteiger partial charge in [0.15, 0.2) is 0 Å². The molecule has 2 aromatic carbocycles. The van der Waals surface area contributed by atoms with Crippen LogP contribution in [0.4, 0.5) is 4.39 Å². The van der Waals surface area contributed by atoms with Gasteiger partial charge in [-0.15, -0.1) is 0 Å². The Morgan fingerprint density at radius 3 is 2.39 bits per heavy atom. The molecule has 0 aliphatic rings. The van der Waals surface area contributed by atoms with Crippen LogP contribution in [-0.4, -0.2) is 7.05 Å². The van der Waals surface area contributed by atoms with Crippen LogP contribution in [0.25, 0.3) is 0 Å². The molecule has 0 radical (unpaired) electrons. The highest BCUT2D eigenvalue weighted by Gasteiger charge is 2.18. The van der Waals surface area contributed by atoms with Gasteiger partial charge in [0.05, 0.1) is 6.04 Å². The minimum atomic E-state index is -0.346. The van der Waals surface area contributed by atoms with E-state index < -0.39 is 0 Å². The molecule has 0 saturated carbocycles. The van der Waals surface area contributed by atoms with Gasteiger partial charge in [-0.3, -0.25) is 0 Å². The smallest absolute Gasteiger partial charge is 0.129 e. The van der Waals surface area contributed by atoms with Crippen molar-refractivity contribution in [1.82, 2.24) is 5.32 Å². The van der Waals surface area contributed by atoms with Crippen LogP contribution in [0.15, 0.2) is 42.5 Å². The van der Waals surface area contributed by atoms with Crippen molar-refractivity contribution in [1.29, 1.82) is 0 Å². The Bertz CT molecular complexity index is 557. The number of hydrogen-bond donors (Lipinski definition) is 1. The van der Waals surface area contributed by atoms with Crippen molar-refractivity contribution in [3.8, 4) is 0 Å². The predicted molar refractivity (Wildman–Crippen MR) is 73.8 cm³/mol. The molecule has 94 valence electrons. The summed E-state index contributed by atoms with van der Waals surface area (Å²) in [4.78, 5) is 0. The van der Waals surface area contributed by atoms with Crippen LogP contribution in [0.5, 0.6) is 0 Å². The van der Waals surface area contributed by atoms with Gasteiger partial charge in [-0.25, -0.2) is 4.39 Å². The van der Waals surface area contributed by atoms with Crippen LogP contribution in [0, 0.1) is 5.82 Å². The van der Waals surface area contributed by atoms with E-state index >= 15 is 0 Å². The van der Waals surface area contributed by atoms with Gasteiger partial charge >= 0.3 is 0 Å². The highest BCUT2D eigenvalue weighted by Crippen LogP contribution is 2.30. The number of hydrogen-bond acceptors (Lipinski definition) is 1. The lowest BCUT2D eigenvalue weighted by atomic mass is 9.98. The van der Waals surface area contributed by atoms with Crippen LogP contribution < -0.4 is 5.32 Å². The molecule has 0 amide bonds. The summed E-state index contributed by atoms with van der Waals surface area (Å²) in [5.41, 5.74) is 1.36. The average Bonchev–Trinajstić information content (AvgIpc) is 2.34. The van der Waals surface area contributed by atoms with E-state index in [0.29, 0.717) is 15.6 Å². The highest BCUT2D eigenvalue weighted by molar-refractivity contribution is 6.31. The van der Waals surface area contributed by atoms with Crippen LogP contribution in [0.3, 0.4) is 0 Å². The van der Waals surface area contributed by atoms with Gasteiger partial charge in [0, 0.05) is 15.6 Å². The van der Waals surface area contributed by atoms with Crippen molar-refractivity contribution in [3.05, 3.63) is 69.5 Å². The summed E-state index contributed by atoms with van der Waals surface area (Å²) in [5, 5.41) is 4.05. The SMILES string of the molecule is CNC(c1ccc(Cl)cc1F)c1ccccc1Cl. The standard InChI is InChI=1S/C14H12Cl2FN/c1-18-14(10-4-2-3-5-12(10)16)11-7-6-9(15)8-13(11)17/h2-8,14,18H,1H3. The zero-order valence-corrected chi connectivity index (χ0v) is 11.3. The molecule has 2 aromatic rings. The largest absolute Gasteiger partial charge is 0.309 e. The van der Waals surface area contributed by atoms with E-state index in [1.807, 2.05) is 18.2 Å². The quantitative estimate of drug-likeness (QED) is 0.878. The first-order chi connectivity index (χ1) is 8.63. The number of halogens is 3. The summed E-state index contributed by atoms with van der Waals surface area (Å²) in [6, 6.07) is 11.7. The molecule has 0 spiro atoms. The zero-order chi connectivity index (χ0) is 13.1. The van der Waals surface area contributed by atoms with E-state index in [4.69, 9.17) is 23.2 Å². The first kappa shape index (κ1) is 13.3. The van der Waals surface area contributed by atoms with E-state index in [1.165, 1.54) is 6.07 Å². The molecule has 0 heterocycles. The second-order valence-corrected chi connectivity index (χ2v) is 4.75. The molecule has 1 unspecified atom stereocenters. The molecule has 4 heteroatoms. The van der Waals surface area contributed by atoms with Crippen molar-refractivity contribution in [3.63, 3.8) is 0 Å². The summed E-state index contributed by atoms with van der Waals surface area (Å²) in [5.74, 6) is -0.346. The fourth-order valence-electron chi connectivity index (χ4n) is 1.92. The fourth-order valence-corrected chi connectivity index (χ4v) is 2.33. The lowest BCUT2D eigenvalue weighted by Gasteiger charge is -2.19. The van der Waals surface area contributed by atoms with Crippen molar-refractivity contribution in [2.45, 2.75) is 6.04 Å².